The van der Waals surface area contributed by atoms with Crippen LogP contribution in [0.15, 0.2) is 48.8 Å². The molecule has 1 aromatic carbocycles. The Morgan fingerprint density at radius 2 is 1.90 bits per heavy atom. The van der Waals surface area contributed by atoms with Crippen LogP contribution in [0.1, 0.15) is 24.3 Å². The van der Waals surface area contributed by atoms with E-state index in [1.807, 2.05) is 18.3 Å². The molecule has 2 aromatic rings. The molecule has 3 saturated heterocycles. The molecule has 3 aliphatic heterocycles. The molecule has 0 spiro atoms. The highest BCUT2D eigenvalue weighted by atomic mass is 16.5. The lowest BCUT2D eigenvalue weighted by Gasteiger charge is -2.59. The molecule has 0 radical (unpaired) electrons. The van der Waals surface area contributed by atoms with Crippen LogP contribution in [0.2, 0.25) is 0 Å². The number of hydrogen-bond donors (Lipinski definition) is 1. The highest BCUT2D eigenvalue weighted by Crippen LogP contribution is 2.43. The first-order valence-corrected chi connectivity index (χ1v) is 11.0. The van der Waals surface area contributed by atoms with Gasteiger partial charge in [-0.1, -0.05) is 30.3 Å². The fraction of sp³-hybridized carbons (Fsp3) is 0.458. The Labute approximate surface area is 181 Å². The zero-order valence-electron chi connectivity index (χ0n) is 17.4. The van der Waals surface area contributed by atoms with Gasteiger partial charge in [0, 0.05) is 44.0 Å². The average molecular weight is 421 g/mol. The van der Waals surface area contributed by atoms with Crippen LogP contribution in [0, 0.1) is 5.92 Å². The fourth-order valence-electron chi connectivity index (χ4n) is 5.30. The molecule has 0 unspecified atom stereocenters. The normalized spacial score (nSPS) is 26.4. The Balaban J connectivity index is 1.35. The number of fused-ring (bicyclic) bond motifs is 1. The minimum absolute atomic E-state index is 0.0159. The van der Waals surface area contributed by atoms with E-state index in [2.05, 4.69) is 29.2 Å². The van der Waals surface area contributed by atoms with Gasteiger partial charge in [0.05, 0.1) is 25.2 Å². The number of nitrogens with zero attached hydrogens (tertiary/aromatic N) is 3. The minimum atomic E-state index is -0.234. The van der Waals surface area contributed by atoms with Crippen LogP contribution in [-0.2, 0) is 14.3 Å². The van der Waals surface area contributed by atoms with E-state index < -0.39 is 0 Å². The summed E-state index contributed by atoms with van der Waals surface area (Å²) in [6.07, 6.45) is 5.02. The Bertz CT molecular complexity index is 943. The molecule has 0 bridgehead atoms. The highest BCUT2D eigenvalue weighted by Gasteiger charge is 2.54. The van der Waals surface area contributed by atoms with Gasteiger partial charge < -0.3 is 19.6 Å². The Morgan fingerprint density at radius 1 is 1.13 bits per heavy atom. The molecule has 162 valence electrons. The van der Waals surface area contributed by atoms with E-state index in [4.69, 9.17) is 4.74 Å². The number of aromatic nitrogens is 1. The number of ether oxygens (including phenoxy) is 1. The lowest BCUT2D eigenvalue weighted by Crippen LogP contribution is -2.73. The molecule has 3 atom stereocenters. The maximum Gasteiger partial charge on any atom is 0.242 e. The summed E-state index contributed by atoms with van der Waals surface area (Å²) in [6.45, 7) is 1.76. The molecule has 5 rings (SSSR count). The van der Waals surface area contributed by atoms with Gasteiger partial charge >= 0.3 is 0 Å². The van der Waals surface area contributed by atoms with Crippen molar-refractivity contribution in [3.05, 3.63) is 54.4 Å². The van der Waals surface area contributed by atoms with E-state index in [1.54, 1.807) is 16.0 Å². The topological polar surface area (TPSA) is 83.0 Å². The number of rotatable bonds is 4. The summed E-state index contributed by atoms with van der Waals surface area (Å²) in [4.78, 5) is 33.5. The van der Waals surface area contributed by atoms with Crippen molar-refractivity contribution in [2.24, 2.45) is 5.92 Å². The van der Waals surface area contributed by atoms with Gasteiger partial charge in [-0.15, -0.1) is 0 Å². The van der Waals surface area contributed by atoms with Crippen LogP contribution < -0.4 is 0 Å². The zero-order chi connectivity index (χ0) is 21.4. The second-order valence-electron chi connectivity index (χ2n) is 8.61. The molecule has 4 heterocycles. The maximum atomic E-state index is 13.0. The number of aliphatic hydroxyl groups excluding tert-OH is 1. The van der Waals surface area contributed by atoms with Crippen LogP contribution in [-0.4, -0.2) is 76.7 Å². The quantitative estimate of drug-likeness (QED) is 0.812. The number of aliphatic hydroxyl groups is 1. The van der Waals surface area contributed by atoms with Crippen LogP contribution >= 0.6 is 0 Å². The van der Waals surface area contributed by atoms with Crippen molar-refractivity contribution in [3.8, 4) is 11.1 Å². The number of piperazine rings is 1. The van der Waals surface area contributed by atoms with E-state index in [0.717, 1.165) is 29.5 Å². The molecule has 0 saturated carbocycles. The van der Waals surface area contributed by atoms with Gasteiger partial charge in [0.25, 0.3) is 0 Å². The number of carbonyl (C=O) groups is 2. The molecule has 1 aromatic heterocycles. The van der Waals surface area contributed by atoms with E-state index in [0.29, 0.717) is 19.8 Å². The largest absolute Gasteiger partial charge is 0.394 e. The predicted molar refractivity (Wildman–Crippen MR) is 114 cm³/mol. The van der Waals surface area contributed by atoms with Gasteiger partial charge in [-0.25, -0.2) is 0 Å². The molecule has 1 N–H and O–H groups in total. The second-order valence-corrected chi connectivity index (χ2v) is 8.61. The zero-order valence-corrected chi connectivity index (χ0v) is 17.4. The summed E-state index contributed by atoms with van der Waals surface area (Å²) >= 11 is 0. The smallest absolute Gasteiger partial charge is 0.242 e. The third kappa shape index (κ3) is 3.62. The summed E-state index contributed by atoms with van der Waals surface area (Å²) in [5.41, 5.74) is 3.20. The van der Waals surface area contributed by atoms with Gasteiger partial charge in [0.15, 0.2) is 0 Å². The highest BCUT2D eigenvalue weighted by molar-refractivity contribution is 5.88. The van der Waals surface area contributed by atoms with E-state index >= 15 is 0 Å². The summed E-state index contributed by atoms with van der Waals surface area (Å²) in [6, 6.07) is 11.8. The molecule has 31 heavy (non-hydrogen) atoms. The van der Waals surface area contributed by atoms with Crippen LogP contribution in [0.3, 0.4) is 0 Å². The third-order valence-electron chi connectivity index (χ3n) is 6.92. The van der Waals surface area contributed by atoms with Gasteiger partial charge in [0.2, 0.25) is 11.8 Å². The Kier molecular flexibility index (Phi) is 5.46. The number of carbonyl (C=O) groups excluding carboxylic acids is 2. The van der Waals surface area contributed by atoms with Crippen LogP contribution in [0.5, 0.6) is 0 Å². The molecule has 0 aliphatic carbocycles. The monoisotopic (exact) mass is 421 g/mol. The van der Waals surface area contributed by atoms with Crippen molar-refractivity contribution in [1.29, 1.82) is 0 Å². The van der Waals surface area contributed by atoms with Crippen molar-refractivity contribution in [2.75, 3.05) is 32.9 Å². The fourth-order valence-corrected chi connectivity index (χ4v) is 5.30. The van der Waals surface area contributed by atoms with Crippen molar-refractivity contribution in [3.63, 3.8) is 0 Å². The lowest BCUT2D eigenvalue weighted by atomic mass is 9.73. The van der Waals surface area contributed by atoms with Crippen molar-refractivity contribution < 1.29 is 19.4 Å². The summed E-state index contributed by atoms with van der Waals surface area (Å²) < 4.78 is 5.38. The minimum Gasteiger partial charge on any atom is -0.394 e. The van der Waals surface area contributed by atoms with Crippen molar-refractivity contribution in [2.45, 2.75) is 30.8 Å². The van der Waals surface area contributed by atoms with Crippen LogP contribution in [0.25, 0.3) is 11.1 Å². The molecule has 7 heteroatoms. The van der Waals surface area contributed by atoms with Crippen molar-refractivity contribution >= 4 is 11.8 Å². The summed E-state index contributed by atoms with van der Waals surface area (Å²) in [5.74, 6) is -0.0467. The maximum absolute atomic E-state index is 13.0. The molecular weight excluding hydrogens is 394 g/mol. The molecule has 7 nitrogen and oxygen atoms in total. The lowest BCUT2D eigenvalue weighted by molar-refractivity contribution is -0.169. The van der Waals surface area contributed by atoms with Gasteiger partial charge in [0.1, 0.15) is 0 Å². The number of amides is 2. The first-order chi connectivity index (χ1) is 15.2. The van der Waals surface area contributed by atoms with Gasteiger partial charge in [-0.05, 0) is 35.6 Å². The Hall–Kier alpha value is -2.77. The van der Waals surface area contributed by atoms with Crippen molar-refractivity contribution in [1.82, 2.24) is 14.8 Å². The third-order valence-corrected chi connectivity index (χ3v) is 6.92. The molecular formula is C24H27N3O4. The standard InChI is InChI=1S/C24H27N3O4/c28-15-21-23(17-5-3-16(4-6-17)19-2-1-9-25-12-19)20-13-26(14-22(29)27(20)21)24(30)18-7-10-31-11-8-18/h1-6,9,12,18,20-21,23,28H,7-8,10-11,13-15H2/t20-,21+,23+/m1/s1. The first-order valence-electron chi connectivity index (χ1n) is 11.0. The second kappa shape index (κ2) is 8.40. The first kappa shape index (κ1) is 20.2. The molecule has 2 amide bonds. The summed E-state index contributed by atoms with van der Waals surface area (Å²) in [7, 11) is 0. The number of pyridine rings is 1. The van der Waals surface area contributed by atoms with Crippen LogP contribution in [0.4, 0.5) is 0 Å². The summed E-state index contributed by atoms with van der Waals surface area (Å²) in [5, 5.41) is 9.99. The van der Waals surface area contributed by atoms with Gasteiger partial charge in [-0.2, -0.15) is 0 Å². The predicted octanol–water partition coefficient (Wildman–Crippen LogP) is 1.67. The van der Waals surface area contributed by atoms with Gasteiger partial charge in [-0.3, -0.25) is 14.6 Å². The van der Waals surface area contributed by atoms with E-state index in [9.17, 15) is 14.7 Å². The Morgan fingerprint density at radius 3 is 2.58 bits per heavy atom. The average Bonchev–Trinajstić information content (AvgIpc) is 2.81. The molecule has 3 fully saturated rings. The number of hydrogen-bond acceptors (Lipinski definition) is 5. The molecule has 3 aliphatic rings. The van der Waals surface area contributed by atoms with E-state index in [1.165, 1.54) is 0 Å². The number of benzene rings is 1. The van der Waals surface area contributed by atoms with E-state index in [-0.39, 0.29) is 48.9 Å². The SMILES string of the molecule is O=C(C1CCOCC1)N1CC(=O)N2[C@H](C1)[C@H](c1ccc(-c3cccnc3)cc1)[C@@H]2CO.